The standard InChI is InChI=1S/C50H42N2O/c1-49(2)28-29-50(3,4)43-31-35(23-26-42(43)49)52-45-20-12-9-17-38(45)39-25-22-36(32-46(39)52)51(44-19-11-8-16-37(44)33-14-6-5-7-15-33)34-24-27-48-41(30-34)40-18-10-13-21-47(40)53-48/h5-27,30-32H,28-29H2,1-4H3. The van der Waals surface area contributed by atoms with E-state index in [1.807, 2.05) is 12.1 Å². The van der Waals surface area contributed by atoms with Gasteiger partial charge in [-0.05, 0) is 101 Å². The molecule has 1 aliphatic carbocycles. The van der Waals surface area contributed by atoms with E-state index in [4.69, 9.17) is 4.42 Å². The normalized spacial score (nSPS) is 14.9. The lowest BCUT2D eigenvalue weighted by molar-refractivity contribution is 0.332. The fourth-order valence-electron chi connectivity index (χ4n) is 8.90. The maximum atomic E-state index is 6.29. The number of aromatic nitrogens is 1. The van der Waals surface area contributed by atoms with Gasteiger partial charge in [-0.2, -0.15) is 0 Å². The first-order valence-corrected chi connectivity index (χ1v) is 18.8. The lowest BCUT2D eigenvalue weighted by Gasteiger charge is -2.42. The van der Waals surface area contributed by atoms with E-state index in [9.17, 15) is 0 Å². The minimum Gasteiger partial charge on any atom is -0.456 e. The zero-order valence-corrected chi connectivity index (χ0v) is 30.7. The number of hydrogen-bond donors (Lipinski definition) is 0. The van der Waals surface area contributed by atoms with E-state index in [0.717, 1.165) is 39.0 Å². The second kappa shape index (κ2) is 11.7. The van der Waals surface area contributed by atoms with Crippen molar-refractivity contribution >= 4 is 60.8 Å². The molecule has 0 bridgehead atoms. The van der Waals surface area contributed by atoms with Gasteiger partial charge in [0.25, 0.3) is 0 Å². The Morgan fingerprint density at radius 2 is 1.13 bits per heavy atom. The van der Waals surface area contributed by atoms with E-state index in [0.29, 0.717) is 0 Å². The van der Waals surface area contributed by atoms with E-state index in [1.165, 1.54) is 62.6 Å². The molecule has 0 saturated heterocycles. The second-order valence-corrected chi connectivity index (χ2v) is 16.0. The van der Waals surface area contributed by atoms with E-state index in [1.54, 1.807) is 0 Å². The molecule has 7 aromatic carbocycles. The average Bonchev–Trinajstić information content (AvgIpc) is 3.72. The van der Waals surface area contributed by atoms with Crippen LogP contribution in [0.2, 0.25) is 0 Å². The maximum absolute atomic E-state index is 6.29. The zero-order valence-electron chi connectivity index (χ0n) is 30.7. The summed E-state index contributed by atoms with van der Waals surface area (Å²) >= 11 is 0. The van der Waals surface area contributed by atoms with Crippen LogP contribution in [0.5, 0.6) is 0 Å². The monoisotopic (exact) mass is 686 g/mol. The van der Waals surface area contributed by atoms with Gasteiger partial charge in [0, 0.05) is 44.2 Å². The zero-order chi connectivity index (χ0) is 35.9. The summed E-state index contributed by atoms with van der Waals surface area (Å²) in [7, 11) is 0. The quantitative estimate of drug-likeness (QED) is 0.180. The fourth-order valence-corrected chi connectivity index (χ4v) is 8.90. The van der Waals surface area contributed by atoms with Crippen molar-refractivity contribution in [3.63, 3.8) is 0 Å². The summed E-state index contributed by atoms with van der Waals surface area (Å²) in [6.45, 7) is 9.63. The minimum absolute atomic E-state index is 0.110. The van der Waals surface area contributed by atoms with E-state index in [-0.39, 0.29) is 10.8 Å². The first kappa shape index (κ1) is 31.7. The summed E-state index contributed by atoms with van der Waals surface area (Å²) in [6, 6.07) is 57.5. The Hall–Kier alpha value is -6.06. The van der Waals surface area contributed by atoms with Gasteiger partial charge in [-0.3, -0.25) is 0 Å². The molecule has 258 valence electrons. The summed E-state index contributed by atoms with van der Waals surface area (Å²) in [4.78, 5) is 2.42. The SMILES string of the molecule is CC1(C)CCC(C)(C)c2cc(-n3c4ccccc4c4ccc(N(c5ccc6oc7ccccc7c6c5)c5ccccc5-c5ccccc5)cc43)ccc21. The topological polar surface area (TPSA) is 21.3 Å². The van der Waals surface area contributed by atoms with Gasteiger partial charge in [-0.1, -0.05) is 125 Å². The molecule has 0 radical (unpaired) electrons. The van der Waals surface area contributed by atoms with Crippen molar-refractivity contribution in [2.24, 2.45) is 0 Å². The predicted molar refractivity (Wildman–Crippen MR) is 223 cm³/mol. The second-order valence-electron chi connectivity index (χ2n) is 16.0. The highest BCUT2D eigenvalue weighted by molar-refractivity contribution is 6.11. The van der Waals surface area contributed by atoms with Gasteiger partial charge in [-0.25, -0.2) is 0 Å². The summed E-state index contributed by atoms with van der Waals surface area (Å²) < 4.78 is 8.78. The third-order valence-electron chi connectivity index (χ3n) is 11.9. The van der Waals surface area contributed by atoms with Gasteiger partial charge in [0.1, 0.15) is 11.2 Å². The van der Waals surface area contributed by atoms with Crippen molar-refractivity contribution in [3.8, 4) is 16.8 Å². The summed E-state index contributed by atoms with van der Waals surface area (Å²) in [6.07, 6.45) is 2.38. The Balaban J connectivity index is 1.24. The number of anilines is 3. The molecule has 2 aromatic heterocycles. The predicted octanol–water partition coefficient (Wildman–Crippen LogP) is 14.2. The van der Waals surface area contributed by atoms with Gasteiger partial charge in [0.05, 0.1) is 16.7 Å². The van der Waals surface area contributed by atoms with Crippen molar-refractivity contribution in [3.05, 3.63) is 169 Å². The number of furan rings is 1. The molecule has 53 heavy (non-hydrogen) atoms. The van der Waals surface area contributed by atoms with Crippen LogP contribution in [-0.4, -0.2) is 4.57 Å². The molecule has 1 aliphatic rings. The van der Waals surface area contributed by atoms with Gasteiger partial charge in [0.15, 0.2) is 0 Å². The van der Waals surface area contributed by atoms with Crippen LogP contribution in [0, 0.1) is 0 Å². The Kier molecular flexibility index (Phi) is 7.01. The molecule has 0 fully saturated rings. The average molecular weight is 687 g/mol. The van der Waals surface area contributed by atoms with Gasteiger partial charge >= 0.3 is 0 Å². The van der Waals surface area contributed by atoms with Crippen LogP contribution in [0.3, 0.4) is 0 Å². The number of fused-ring (bicyclic) bond motifs is 7. The van der Waals surface area contributed by atoms with Crippen molar-refractivity contribution in [2.45, 2.75) is 51.4 Å². The molecular weight excluding hydrogens is 645 g/mol. The highest BCUT2D eigenvalue weighted by Gasteiger charge is 2.37. The lowest BCUT2D eigenvalue weighted by atomic mass is 9.63. The van der Waals surface area contributed by atoms with Gasteiger partial charge in [0.2, 0.25) is 0 Å². The summed E-state index contributed by atoms with van der Waals surface area (Å²) in [5, 5.41) is 4.73. The highest BCUT2D eigenvalue weighted by Crippen LogP contribution is 2.48. The molecule has 9 aromatic rings. The van der Waals surface area contributed by atoms with Gasteiger partial charge in [-0.15, -0.1) is 0 Å². The van der Waals surface area contributed by atoms with E-state index in [2.05, 4.69) is 183 Å². The lowest BCUT2D eigenvalue weighted by Crippen LogP contribution is -2.33. The molecule has 2 heterocycles. The Morgan fingerprint density at radius 3 is 1.98 bits per heavy atom. The van der Waals surface area contributed by atoms with Crippen molar-refractivity contribution < 1.29 is 4.42 Å². The number of hydrogen-bond acceptors (Lipinski definition) is 2. The highest BCUT2D eigenvalue weighted by atomic mass is 16.3. The van der Waals surface area contributed by atoms with Crippen molar-refractivity contribution in [1.82, 2.24) is 4.57 Å². The molecule has 0 spiro atoms. The van der Waals surface area contributed by atoms with E-state index < -0.39 is 0 Å². The van der Waals surface area contributed by atoms with Crippen LogP contribution < -0.4 is 4.90 Å². The Labute approximate surface area is 310 Å². The Bertz CT molecular complexity index is 2850. The fraction of sp³-hybridized carbons (Fsp3) is 0.160. The molecule has 0 aliphatic heterocycles. The maximum Gasteiger partial charge on any atom is 0.135 e. The van der Waals surface area contributed by atoms with Crippen LogP contribution in [0.1, 0.15) is 51.7 Å². The van der Waals surface area contributed by atoms with Crippen molar-refractivity contribution in [1.29, 1.82) is 0 Å². The summed E-state index contributed by atoms with van der Waals surface area (Å²) in [5.74, 6) is 0. The number of benzene rings is 7. The van der Waals surface area contributed by atoms with Crippen LogP contribution in [-0.2, 0) is 10.8 Å². The van der Waals surface area contributed by atoms with Crippen LogP contribution in [0.15, 0.2) is 162 Å². The van der Waals surface area contributed by atoms with E-state index >= 15 is 0 Å². The third kappa shape index (κ3) is 5.02. The smallest absolute Gasteiger partial charge is 0.135 e. The molecule has 0 saturated carbocycles. The molecule has 10 rings (SSSR count). The molecule has 0 atom stereocenters. The molecule has 3 heteroatoms. The number of para-hydroxylation sites is 3. The minimum atomic E-state index is 0.110. The third-order valence-corrected chi connectivity index (χ3v) is 11.9. The first-order chi connectivity index (χ1) is 25.8. The Morgan fingerprint density at radius 1 is 0.491 bits per heavy atom. The largest absolute Gasteiger partial charge is 0.456 e. The number of nitrogens with zero attached hydrogens (tertiary/aromatic N) is 2. The molecule has 0 amide bonds. The van der Waals surface area contributed by atoms with Crippen LogP contribution in [0.25, 0.3) is 60.6 Å². The van der Waals surface area contributed by atoms with Crippen LogP contribution in [0.4, 0.5) is 17.1 Å². The van der Waals surface area contributed by atoms with Gasteiger partial charge < -0.3 is 13.9 Å². The van der Waals surface area contributed by atoms with Crippen molar-refractivity contribution in [2.75, 3.05) is 4.90 Å². The molecule has 3 nitrogen and oxygen atoms in total. The molecule has 0 N–H and O–H groups in total. The molecule has 0 unspecified atom stereocenters. The summed E-state index contributed by atoms with van der Waals surface area (Å²) in [5.41, 5.74) is 14.3. The van der Waals surface area contributed by atoms with Crippen LogP contribution >= 0.6 is 0 Å². The molecular formula is C50H42N2O. The number of rotatable bonds is 5. The first-order valence-electron chi connectivity index (χ1n) is 18.8.